The molecule has 8 nitrogen and oxygen atoms in total. The first-order valence-electron chi connectivity index (χ1n) is 10.6. The number of ether oxygens (including phenoxy) is 1. The van der Waals surface area contributed by atoms with Crippen molar-refractivity contribution in [2.24, 2.45) is 0 Å². The third kappa shape index (κ3) is 7.36. The number of benzene rings is 2. The van der Waals surface area contributed by atoms with Gasteiger partial charge in [-0.15, -0.1) is 0 Å². The van der Waals surface area contributed by atoms with Crippen LogP contribution in [0.1, 0.15) is 25.8 Å². The zero-order valence-corrected chi connectivity index (χ0v) is 20.8. The molecule has 0 heterocycles. The van der Waals surface area contributed by atoms with Gasteiger partial charge < -0.3 is 15.0 Å². The summed E-state index contributed by atoms with van der Waals surface area (Å²) in [7, 11) is -2.28. The van der Waals surface area contributed by atoms with Gasteiger partial charge in [0.05, 0.1) is 18.6 Å². The van der Waals surface area contributed by atoms with E-state index in [1.54, 1.807) is 55.5 Å². The van der Waals surface area contributed by atoms with E-state index in [4.69, 9.17) is 16.3 Å². The Hall–Kier alpha value is -2.78. The first-order valence-corrected chi connectivity index (χ1v) is 12.8. The standard InChI is InChI=1S/C23H30ClN3O5S/c1-5-21(23(29)25-3)26(15-17-7-9-18(24)10-8-17)22(28)16-27(33(4,30)31)19-11-13-20(14-12-19)32-6-2/h7-14,21H,5-6,15-16H2,1-4H3,(H,25,29)/t21-/m1/s1. The van der Waals surface area contributed by atoms with Gasteiger partial charge in [-0.1, -0.05) is 30.7 Å². The molecule has 2 amide bonds. The molecule has 1 atom stereocenters. The van der Waals surface area contributed by atoms with Crippen molar-refractivity contribution >= 4 is 39.1 Å². The molecule has 0 aromatic heterocycles. The van der Waals surface area contributed by atoms with Crippen LogP contribution in [0.5, 0.6) is 5.75 Å². The molecule has 0 fully saturated rings. The molecule has 2 rings (SSSR count). The van der Waals surface area contributed by atoms with E-state index in [2.05, 4.69) is 5.32 Å². The Labute approximate surface area is 200 Å². The first kappa shape index (κ1) is 26.5. The molecule has 0 saturated carbocycles. The fourth-order valence-corrected chi connectivity index (χ4v) is 4.34. The highest BCUT2D eigenvalue weighted by molar-refractivity contribution is 7.92. The predicted octanol–water partition coefficient (Wildman–Crippen LogP) is 3.06. The Kier molecular flexibility index (Phi) is 9.55. The van der Waals surface area contributed by atoms with Crippen molar-refractivity contribution in [1.82, 2.24) is 10.2 Å². The third-order valence-corrected chi connectivity index (χ3v) is 6.41. The summed E-state index contributed by atoms with van der Waals surface area (Å²) in [6, 6.07) is 12.6. The number of halogens is 1. The lowest BCUT2D eigenvalue weighted by Gasteiger charge is -2.32. The number of anilines is 1. The summed E-state index contributed by atoms with van der Waals surface area (Å²) >= 11 is 5.96. The summed E-state index contributed by atoms with van der Waals surface area (Å²) < 4.78 is 31.5. The summed E-state index contributed by atoms with van der Waals surface area (Å²) in [6.45, 7) is 3.80. The largest absolute Gasteiger partial charge is 0.494 e. The van der Waals surface area contributed by atoms with Gasteiger partial charge in [0, 0.05) is 18.6 Å². The van der Waals surface area contributed by atoms with Gasteiger partial charge in [-0.05, 0) is 55.3 Å². The van der Waals surface area contributed by atoms with Gasteiger partial charge in [0.1, 0.15) is 18.3 Å². The van der Waals surface area contributed by atoms with Crippen LogP contribution in [0.25, 0.3) is 0 Å². The van der Waals surface area contributed by atoms with Crippen molar-refractivity contribution in [3.63, 3.8) is 0 Å². The normalized spacial score (nSPS) is 12.0. The van der Waals surface area contributed by atoms with Crippen molar-refractivity contribution in [2.45, 2.75) is 32.9 Å². The van der Waals surface area contributed by atoms with E-state index >= 15 is 0 Å². The summed E-state index contributed by atoms with van der Waals surface area (Å²) in [6.07, 6.45) is 1.40. The molecule has 0 aliphatic carbocycles. The monoisotopic (exact) mass is 495 g/mol. The Morgan fingerprint density at radius 3 is 2.15 bits per heavy atom. The summed E-state index contributed by atoms with van der Waals surface area (Å²) in [5, 5.41) is 3.13. The van der Waals surface area contributed by atoms with Gasteiger partial charge in [-0.25, -0.2) is 8.42 Å². The first-order chi connectivity index (χ1) is 15.6. The van der Waals surface area contributed by atoms with Gasteiger partial charge in [-0.2, -0.15) is 0 Å². The maximum atomic E-state index is 13.4. The zero-order chi connectivity index (χ0) is 24.6. The molecule has 180 valence electrons. The second kappa shape index (κ2) is 11.9. The van der Waals surface area contributed by atoms with Crippen LogP contribution >= 0.6 is 11.6 Å². The smallest absolute Gasteiger partial charge is 0.244 e. The number of hydrogen-bond donors (Lipinski definition) is 1. The highest BCUT2D eigenvalue weighted by Gasteiger charge is 2.31. The maximum absolute atomic E-state index is 13.4. The highest BCUT2D eigenvalue weighted by atomic mass is 35.5. The SMILES string of the molecule is CCOc1ccc(N(CC(=O)N(Cc2ccc(Cl)cc2)[C@H](CC)C(=O)NC)S(C)(=O)=O)cc1. The molecule has 0 unspecified atom stereocenters. The van der Waals surface area contributed by atoms with Crippen LogP contribution in [0.15, 0.2) is 48.5 Å². The average molecular weight is 496 g/mol. The summed E-state index contributed by atoms with van der Waals surface area (Å²) in [4.78, 5) is 27.3. The van der Waals surface area contributed by atoms with Crippen molar-refractivity contribution in [3.05, 3.63) is 59.1 Å². The Morgan fingerprint density at radius 2 is 1.67 bits per heavy atom. The molecule has 0 bridgehead atoms. The lowest BCUT2D eigenvalue weighted by molar-refractivity contribution is -0.140. The number of rotatable bonds is 11. The Balaban J connectivity index is 2.38. The quantitative estimate of drug-likeness (QED) is 0.517. The number of sulfonamides is 1. The lowest BCUT2D eigenvalue weighted by atomic mass is 10.1. The molecule has 33 heavy (non-hydrogen) atoms. The average Bonchev–Trinajstić information content (AvgIpc) is 2.78. The second-order valence-electron chi connectivity index (χ2n) is 7.38. The molecule has 2 aromatic carbocycles. The molecule has 0 saturated heterocycles. The minimum absolute atomic E-state index is 0.128. The van der Waals surface area contributed by atoms with Gasteiger partial charge in [0.2, 0.25) is 21.8 Å². The van der Waals surface area contributed by atoms with E-state index < -0.39 is 28.5 Å². The lowest BCUT2D eigenvalue weighted by Crippen LogP contribution is -2.51. The number of likely N-dealkylation sites (N-methyl/N-ethyl adjacent to an activating group) is 1. The number of nitrogens with one attached hydrogen (secondary N) is 1. The zero-order valence-electron chi connectivity index (χ0n) is 19.2. The van der Waals surface area contributed by atoms with E-state index in [1.807, 2.05) is 6.92 Å². The Bertz CT molecular complexity index is 1040. The predicted molar refractivity (Wildman–Crippen MR) is 130 cm³/mol. The van der Waals surface area contributed by atoms with Crippen LogP contribution in [0, 0.1) is 0 Å². The van der Waals surface area contributed by atoms with E-state index in [0.717, 1.165) is 16.1 Å². The molecule has 2 aromatic rings. The molecule has 0 aliphatic rings. The minimum atomic E-state index is -3.78. The van der Waals surface area contributed by atoms with E-state index in [1.165, 1.54) is 11.9 Å². The highest BCUT2D eigenvalue weighted by Crippen LogP contribution is 2.23. The molecule has 1 N–H and O–H groups in total. The maximum Gasteiger partial charge on any atom is 0.244 e. The number of hydrogen-bond acceptors (Lipinski definition) is 5. The number of amides is 2. The van der Waals surface area contributed by atoms with E-state index in [9.17, 15) is 18.0 Å². The van der Waals surface area contributed by atoms with Gasteiger partial charge >= 0.3 is 0 Å². The third-order valence-electron chi connectivity index (χ3n) is 5.01. The summed E-state index contributed by atoms with van der Waals surface area (Å²) in [5.74, 6) is -0.234. The number of carbonyl (C=O) groups excluding carboxylic acids is 2. The fourth-order valence-electron chi connectivity index (χ4n) is 3.36. The number of carbonyl (C=O) groups is 2. The molecular weight excluding hydrogens is 466 g/mol. The second-order valence-corrected chi connectivity index (χ2v) is 9.73. The van der Waals surface area contributed by atoms with Gasteiger partial charge in [0.15, 0.2) is 0 Å². The number of nitrogens with zero attached hydrogens (tertiary/aromatic N) is 2. The van der Waals surface area contributed by atoms with Crippen molar-refractivity contribution in [3.8, 4) is 5.75 Å². The van der Waals surface area contributed by atoms with Crippen molar-refractivity contribution < 1.29 is 22.7 Å². The van der Waals surface area contributed by atoms with Crippen LogP contribution in [0.3, 0.4) is 0 Å². The van der Waals surface area contributed by atoms with Crippen molar-refractivity contribution in [1.29, 1.82) is 0 Å². The molecule has 0 spiro atoms. The van der Waals surface area contributed by atoms with E-state index in [0.29, 0.717) is 29.5 Å². The fraction of sp³-hybridized carbons (Fsp3) is 0.391. The Morgan fingerprint density at radius 1 is 1.06 bits per heavy atom. The molecule has 10 heteroatoms. The molecular formula is C23H30ClN3O5S. The van der Waals surface area contributed by atoms with Crippen molar-refractivity contribution in [2.75, 3.05) is 30.8 Å². The summed E-state index contributed by atoms with van der Waals surface area (Å²) in [5.41, 5.74) is 1.09. The van der Waals surface area contributed by atoms with Crippen LogP contribution in [-0.2, 0) is 26.2 Å². The topological polar surface area (TPSA) is 96.0 Å². The van der Waals surface area contributed by atoms with Crippen LogP contribution in [0.2, 0.25) is 5.02 Å². The van der Waals surface area contributed by atoms with Crippen LogP contribution in [-0.4, -0.2) is 57.6 Å². The van der Waals surface area contributed by atoms with Crippen LogP contribution in [0.4, 0.5) is 5.69 Å². The minimum Gasteiger partial charge on any atom is -0.494 e. The molecule has 0 radical (unpaired) electrons. The van der Waals surface area contributed by atoms with Gasteiger partial charge in [-0.3, -0.25) is 13.9 Å². The molecule has 0 aliphatic heterocycles. The van der Waals surface area contributed by atoms with Gasteiger partial charge in [0.25, 0.3) is 0 Å². The van der Waals surface area contributed by atoms with E-state index in [-0.39, 0.29) is 12.5 Å². The van der Waals surface area contributed by atoms with Crippen LogP contribution < -0.4 is 14.4 Å².